The van der Waals surface area contributed by atoms with Crippen molar-refractivity contribution in [3.05, 3.63) is 76.7 Å². The monoisotopic (exact) mass is 551 g/mol. The number of rotatable bonds is 9. The minimum absolute atomic E-state index is 0.0234. The number of hydrogen-bond acceptors (Lipinski definition) is 9. The molecule has 0 unspecified atom stereocenters. The van der Waals surface area contributed by atoms with Crippen molar-refractivity contribution in [1.29, 1.82) is 5.26 Å². The van der Waals surface area contributed by atoms with E-state index in [1.54, 1.807) is 59.5 Å². The highest BCUT2D eigenvalue weighted by Crippen LogP contribution is 2.25. The Labute approximate surface area is 225 Å². The van der Waals surface area contributed by atoms with Gasteiger partial charge in [-0.3, -0.25) is 14.3 Å². The Balaban J connectivity index is 1.39. The van der Waals surface area contributed by atoms with Crippen LogP contribution in [0.3, 0.4) is 0 Å². The molecule has 202 valence electrons. The Kier molecular flexibility index (Phi) is 8.63. The van der Waals surface area contributed by atoms with Crippen LogP contribution in [0.2, 0.25) is 0 Å². The van der Waals surface area contributed by atoms with E-state index in [1.807, 2.05) is 4.72 Å². The molecule has 1 N–H and O–H groups in total. The lowest BCUT2D eigenvalue weighted by Gasteiger charge is -2.28. The van der Waals surface area contributed by atoms with Gasteiger partial charge in [0.15, 0.2) is 17.3 Å². The van der Waals surface area contributed by atoms with E-state index in [4.69, 9.17) is 4.74 Å². The molecule has 1 aliphatic rings. The lowest BCUT2D eigenvalue weighted by Crippen LogP contribution is -2.37. The number of aromatic nitrogens is 2. The second-order valence-corrected chi connectivity index (χ2v) is 10.9. The molecule has 1 aromatic heterocycles. The van der Waals surface area contributed by atoms with E-state index in [2.05, 4.69) is 9.97 Å². The van der Waals surface area contributed by atoms with Crippen LogP contribution in [0.15, 0.2) is 48.5 Å². The van der Waals surface area contributed by atoms with Crippen molar-refractivity contribution in [2.24, 2.45) is 0 Å². The van der Waals surface area contributed by atoms with E-state index >= 15 is 0 Å². The fraction of sp³-hybridized carbons (Fsp3) is 0.296. The molecule has 1 amide bonds. The van der Waals surface area contributed by atoms with Crippen LogP contribution in [-0.2, 0) is 43.6 Å². The molecule has 0 bridgehead atoms. The summed E-state index contributed by atoms with van der Waals surface area (Å²) < 4.78 is 44.3. The van der Waals surface area contributed by atoms with Crippen LogP contribution in [0.25, 0.3) is 11.4 Å². The van der Waals surface area contributed by atoms with Crippen molar-refractivity contribution < 1.29 is 27.1 Å². The molecule has 1 fully saturated rings. The highest BCUT2D eigenvalue weighted by molar-refractivity contribution is 7.89. The van der Waals surface area contributed by atoms with Crippen molar-refractivity contribution in [3.8, 4) is 17.5 Å². The summed E-state index contributed by atoms with van der Waals surface area (Å²) in [6.07, 6.45) is 1.20. The van der Waals surface area contributed by atoms with Gasteiger partial charge in [0.2, 0.25) is 21.7 Å². The Morgan fingerprint density at radius 2 is 1.51 bits per heavy atom. The number of carbonyl (C=O) groups is 2. The summed E-state index contributed by atoms with van der Waals surface area (Å²) in [6.45, 7) is 1.80. The number of sulfonamides is 1. The molecule has 39 heavy (non-hydrogen) atoms. The fourth-order valence-corrected chi connectivity index (χ4v) is 4.60. The molecular weight excluding hydrogens is 525 g/mol. The number of benzene rings is 2. The normalized spacial score (nSPS) is 13.5. The van der Waals surface area contributed by atoms with Gasteiger partial charge in [0.05, 0.1) is 25.9 Å². The maximum absolute atomic E-state index is 14.8. The van der Waals surface area contributed by atoms with Gasteiger partial charge in [-0.05, 0) is 16.7 Å². The number of morpholine rings is 1. The molecule has 0 atom stereocenters. The molecule has 2 heterocycles. The highest BCUT2D eigenvalue weighted by atomic mass is 32.2. The third kappa shape index (κ3) is 7.66. The first-order chi connectivity index (χ1) is 18.6. The molecule has 3 aromatic rings. The van der Waals surface area contributed by atoms with Gasteiger partial charge in [0.25, 0.3) is 0 Å². The molecule has 1 saturated heterocycles. The van der Waals surface area contributed by atoms with Gasteiger partial charge in [-0.2, -0.15) is 9.65 Å². The number of carbonyl (C=O) groups excluding carboxylic acids is 2. The van der Waals surface area contributed by atoms with Gasteiger partial charge >= 0.3 is 0 Å². The van der Waals surface area contributed by atoms with Crippen LogP contribution in [0.1, 0.15) is 22.4 Å². The summed E-state index contributed by atoms with van der Waals surface area (Å²) in [5, 5.41) is 9.37. The van der Waals surface area contributed by atoms with Gasteiger partial charge < -0.3 is 9.64 Å². The third-order valence-corrected chi connectivity index (χ3v) is 6.55. The average molecular weight is 552 g/mol. The van der Waals surface area contributed by atoms with E-state index in [1.165, 1.54) is 0 Å². The maximum Gasteiger partial charge on any atom is 0.237 e. The highest BCUT2D eigenvalue weighted by Gasteiger charge is 2.22. The third-order valence-electron chi connectivity index (χ3n) is 5.95. The number of ketones is 1. The topological polar surface area (TPSA) is 142 Å². The first-order valence-electron chi connectivity index (χ1n) is 12.1. The molecule has 0 spiro atoms. The van der Waals surface area contributed by atoms with Crippen molar-refractivity contribution in [2.45, 2.75) is 19.3 Å². The Bertz CT molecular complexity index is 1510. The van der Waals surface area contributed by atoms with Crippen LogP contribution in [0.5, 0.6) is 0 Å². The zero-order valence-corrected chi connectivity index (χ0v) is 22.0. The number of anilines is 1. The Hall–Kier alpha value is -4.21. The second kappa shape index (κ2) is 12.1. The first kappa shape index (κ1) is 27.8. The quantitative estimate of drug-likeness (QED) is 0.422. The van der Waals surface area contributed by atoms with Crippen LogP contribution >= 0.6 is 0 Å². The van der Waals surface area contributed by atoms with Gasteiger partial charge in [-0.25, -0.2) is 18.4 Å². The zero-order valence-electron chi connectivity index (χ0n) is 21.2. The average Bonchev–Trinajstić information content (AvgIpc) is 2.90. The number of hydrogen-bond donors (Lipinski definition) is 1. The second-order valence-electron chi connectivity index (χ2n) is 9.12. The standard InChI is InChI=1S/C27H26FN5O5S/c1-39(36,37)32-24(35)16-20-4-2-18(3-5-20)14-22(34)15-19-6-8-21(9-7-19)26-30-23(17-29)25(28)27(31-26)33-10-12-38-13-11-33/h2-9H,10-16H2,1H3,(H,32,35). The molecule has 2 aromatic carbocycles. The van der Waals surface area contributed by atoms with E-state index in [9.17, 15) is 27.7 Å². The van der Waals surface area contributed by atoms with Crippen molar-refractivity contribution in [2.75, 3.05) is 37.5 Å². The van der Waals surface area contributed by atoms with Gasteiger partial charge in [0.1, 0.15) is 11.9 Å². The largest absolute Gasteiger partial charge is 0.378 e. The summed E-state index contributed by atoms with van der Waals surface area (Å²) in [4.78, 5) is 34.6. The predicted molar refractivity (Wildman–Crippen MR) is 141 cm³/mol. The summed E-state index contributed by atoms with van der Waals surface area (Å²) in [5.74, 6) is -1.11. The molecule has 12 heteroatoms. The molecule has 0 radical (unpaired) electrons. The van der Waals surface area contributed by atoms with E-state index < -0.39 is 21.7 Å². The minimum atomic E-state index is -3.61. The molecule has 10 nitrogen and oxygen atoms in total. The van der Waals surface area contributed by atoms with Gasteiger partial charge in [-0.1, -0.05) is 48.5 Å². The summed E-state index contributed by atoms with van der Waals surface area (Å²) >= 11 is 0. The number of nitriles is 1. The van der Waals surface area contributed by atoms with E-state index in [0.717, 1.165) is 17.4 Å². The molecular formula is C27H26FN5O5S. The van der Waals surface area contributed by atoms with Crippen LogP contribution < -0.4 is 9.62 Å². The van der Waals surface area contributed by atoms with Gasteiger partial charge in [0, 0.05) is 31.5 Å². The van der Waals surface area contributed by atoms with Crippen LogP contribution in [-0.4, -0.2) is 62.6 Å². The number of nitrogens with one attached hydrogen (secondary N) is 1. The molecule has 0 saturated carbocycles. The van der Waals surface area contributed by atoms with Crippen LogP contribution in [0.4, 0.5) is 10.2 Å². The predicted octanol–water partition coefficient (Wildman–Crippen LogP) is 1.96. The van der Waals surface area contributed by atoms with E-state index in [0.29, 0.717) is 37.4 Å². The number of Topliss-reactive ketones (excluding diaryl/α,β-unsaturated/α-hetero) is 1. The van der Waals surface area contributed by atoms with Crippen molar-refractivity contribution in [3.63, 3.8) is 0 Å². The molecule has 1 aliphatic heterocycles. The lowest BCUT2D eigenvalue weighted by molar-refractivity contribution is -0.119. The minimum Gasteiger partial charge on any atom is -0.378 e. The number of halogens is 1. The molecule has 0 aliphatic carbocycles. The van der Waals surface area contributed by atoms with Crippen molar-refractivity contribution >= 4 is 27.5 Å². The number of ether oxygens (including phenoxy) is 1. The molecule has 4 rings (SSSR count). The summed E-state index contributed by atoms with van der Waals surface area (Å²) in [5.41, 5.74) is 2.43. The summed E-state index contributed by atoms with van der Waals surface area (Å²) in [6, 6.07) is 15.6. The van der Waals surface area contributed by atoms with Crippen molar-refractivity contribution in [1.82, 2.24) is 14.7 Å². The Morgan fingerprint density at radius 3 is 2.05 bits per heavy atom. The van der Waals surface area contributed by atoms with E-state index in [-0.39, 0.29) is 42.4 Å². The number of amides is 1. The fourth-order valence-electron chi connectivity index (χ4n) is 4.12. The maximum atomic E-state index is 14.8. The first-order valence-corrected chi connectivity index (χ1v) is 14.0. The SMILES string of the molecule is CS(=O)(=O)NC(=O)Cc1ccc(CC(=O)Cc2ccc(-c3nc(C#N)c(F)c(N4CCOCC4)n3)cc2)cc1. The smallest absolute Gasteiger partial charge is 0.237 e. The van der Waals surface area contributed by atoms with Gasteiger partial charge in [-0.15, -0.1) is 0 Å². The lowest BCUT2D eigenvalue weighted by atomic mass is 10.0. The zero-order chi connectivity index (χ0) is 28.0. The Morgan fingerprint density at radius 1 is 0.974 bits per heavy atom. The summed E-state index contributed by atoms with van der Waals surface area (Å²) in [7, 11) is -3.61. The number of nitrogens with zero attached hydrogens (tertiary/aromatic N) is 4. The van der Waals surface area contributed by atoms with Crippen LogP contribution in [0, 0.1) is 17.1 Å².